The van der Waals surface area contributed by atoms with Crippen LogP contribution in [0.4, 0.5) is 0 Å². The normalized spacial score (nSPS) is 21.0. The predicted molar refractivity (Wildman–Crippen MR) is 101 cm³/mol. The number of carbonyl (C=O) groups is 1. The van der Waals surface area contributed by atoms with Crippen LogP contribution in [-0.4, -0.2) is 29.6 Å². The number of methoxy groups -OCH3 is 1. The first kappa shape index (κ1) is 18.8. The highest BCUT2D eigenvalue weighted by Crippen LogP contribution is 2.46. The van der Waals surface area contributed by atoms with E-state index in [0.717, 1.165) is 0 Å². The average Bonchev–Trinajstić information content (AvgIpc) is 2.65. The fraction of sp³-hybridized carbons (Fsp3) is 0.263. The van der Waals surface area contributed by atoms with Crippen molar-refractivity contribution in [1.29, 1.82) is 0 Å². The van der Waals surface area contributed by atoms with E-state index in [2.05, 4.69) is 0 Å². The van der Waals surface area contributed by atoms with Gasteiger partial charge in [-0.1, -0.05) is 18.2 Å². The molecule has 7 nitrogen and oxygen atoms in total. The molecule has 2 aromatic rings. The highest BCUT2D eigenvalue weighted by atomic mass is 32.1. The molecule has 27 heavy (non-hydrogen) atoms. The Bertz CT molecular complexity index is 897. The van der Waals surface area contributed by atoms with Crippen LogP contribution < -0.4 is 14.2 Å². The maximum atomic E-state index is 12.8. The average molecular weight is 387 g/mol. The van der Waals surface area contributed by atoms with Gasteiger partial charge >= 0.3 is 5.97 Å². The number of hydrogen-bond donors (Lipinski definition) is 0. The maximum absolute atomic E-state index is 12.8. The van der Waals surface area contributed by atoms with Crippen LogP contribution in [0.1, 0.15) is 18.4 Å². The Kier molecular flexibility index (Phi) is 5.09. The summed E-state index contributed by atoms with van der Waals surface area (Å²) in [5, 5.41) is 11.2. The molecule has 1 heterocycles. The number of benzene rings is 2. The summed E-state index contributed by atoms with van der Waals surface area (Å²) in [4.78, 5) is 23.6. The van der Waals surface area contributed by atoms with Gasteiger partial charge in [0.25, 0.3) is 0 Å². The van der Waals surface area contributed by atoms with Crippen LogP contribution in [0.2, 0.25) is 0 Å². The lowest BCUT2D eigenvalue weighted by Crippen LogP contribution is -2.50. The number of thiocarbonyl (C=S) groups is 1. The van der Waals surface area contributed by atoms with Gasteiger partial charge in [-0.2, -0.15) is 0 Å². The highest BCUT2D eigenvalue weighted by molar-refractivity contribution is 7.80. The fourth-order valence-corrected chi connectivity index (χ4v) is 3.35. The molecule has 0 radical (unpaired) electrons. The lowest BCUT2D eigenvalue weighted by Gasteiger charge is -2.37. The third-order valence-corrected chi connectivity index (χ3v) is 5.15. The molecule has 2 aromatic carbocycles. The third kappa shape index (κ3) is 3.48. The van der Waals surface area contributed by atoms with Gasteiger partial charge in [-0.05, 0) is 49.5 Å². The molecule has 1 aliphatic heterocycles. The number of esters is 1. The van der Waals surface area contributed by atoms with Crippen molar-refractivity contribution in [3.8, 4) is 17.2 Å². The molecule has 0 amide bonds. The monoisotopic (exact) mass is 387 g/mol. The van der Waals surface area contributed by atoms with E-state index in [1.54, 1.807) is 55.6 Å². The van der Waals surface area contributed by atoms with Crippen molar-refractivity contribution in [3.63, 3.8) is 0 Å². The largest absolute Gasteiger partial charge is 0.497 e. The molecule has 3 rings (SSSR count). The fourth-order valence-electron chi connectivity index (χ4n) is 3.03. The second-order valence-electron chi connectivity index (χ2n) is 6.26. The number of para-hydroxylation sites is 1. The zero-order valence-corrected chi connectivity index (χ0v) is 15.5. The van der Waals surface area contributed by atoms with Gasteiger partial charge in [-0.25, -0.2) is 0 Å². The standard InChI is InChI=1S/C19H17NO6S/c1-19(18(27)25-13-9-7-12(24-2)8-10-13)15(11-20(22)23)14-5-3-4-6-16(14)26-17(19)21/h3-10,15H,11H2,1-2H3/t15-,19-/m0/s1. The molecule has 140 valence electrons. The Balaban J connectivity index is 1.97. The van der Waals surface area contributed by atoms with E-state index in [0.29, 0.717) is 22.8 Å². The topological polar surface area (TPSA) is 87.9 Å². The Morgan fingerprint density at radius 2 is 1.85 bits per heavy atom. The SMILES string of the molecule is COc1ccc(OC(=S)[C@]2(C)C(=O)Oc3ccccc3[C@@H]2C[N+](=O)[O-])cc1. The van der Waals surface area contributed by atoms with Crippen molar-refractivity contribution in [2.24, 2.45) is 5.41 Å². The van der Waals surface area contributed by atoms with Crippen molar-refractivity contribution in [3.05, 3.63) is 64.2 Å². The lowest BCUT2D eigenvalue weighted by molar-refractivity contribution is -0.485. The Morgan fingerprint density at radius 1 is 1.22 bits per heavy atom. The summed E-state index contributed by atoms with van der Waals surface area (Å²) in [5.74, 6) is -0.147. The number of nitro groups is 1. The molecule has 8 heteroatoms. The molecule has 0 saturated carbocycles. The van der Waals surface area contributed by atoms with Crippen molar-refractivity contribution in [2.75, 3.05) is 13.7 Å². The zero-order chi connectivity index (χ0) is 19.6. The van der Waals surface area contributed by atoms with Crippen LogP contribution in [0.25, 0.3) is 0 Å². The molecule has 0 spiro atoms. The number of hydrogen-bond acceptors (Lipinski definition) is 7. The maximum Gasteiger partial charge on any atom is 0.326 e. The molecule has 1 aliphatic rings. The molecule has 0 aliphatic carbocycles. The molecule has 0 saturated heterocycles. The zero-order valence-electron chi connectivity index (χ0n) is 14.7. The van der Waals surface area contributed by atoms with Crippen LogP contribution in [-0.2, 0) is 4.79 Å². The van der Waals surface area contributed by atoms with E-state index in [1.807, 2.05) is 0 Å². The van der Waals surface area contributed by atoms with Gasteiger partial charge in [-0.15, -0.1) is 0 Å². The molecule has 0 fully saturated rings. The van der Waals surface area contributed by atoms with Crippen molar-refractivity contribution in [1.82, 2.24) is 0 Å². The summed E-state index contributed by atoms with van der Waals surface area (Å²) >= 11 is 5.39. The van der Waals surface area contributed by atoms with Gasteiger partial charge in [0.05, 0.1) is 13.0 Å². The summed E-state index contributed by atoms with van der Waals surface area (Å²) in [6.45, 7) is 1.04. The van der Waals surface area contributed by atoms with Crippen molar-refractivity contribution >= 4 is 23.2 Å². The van der Waals surface area contributed by atoms with E-state index in [9.17, 15) is 14.9 Å². The molecular formula is C19H17NO6S. The van der Waals surface area contributed by atoms with Gasteiger partial charge in [0.2, 0.25) is 6.54 Å². The van der Waals surface area contributed by atoms with Crippen LogP contribution >= 0.6 is 12.2 Å². The predicted octanol–water partition coefficient (Wildman–Crippen LogP) is 3.39. The molecule has 0 unspecified atom stereocenters. The first-order chi connectivity index (χ1) is 12.9. The number of rotatable bonds is 5. The third-order valence-electron chi connectivity index (χ3n) is 4.64. The Hall–Kier alpha value is -3.00. The van der Waals surface area contributed by atoms with Gasteiger partial charge in [0, 0.05) is 10.5 Å². The lowest BCUT2D eigenvalue weighted by atomic mass is 9.72. The molecule has 2 atom stereocenters. The van der Waals surface area contributed by atoms with Crippen LogP contribution in [0, 0.1) is 15.5 Å². The minimum Gasteiger partial charge on any atom is -0.497 e. The quantitative estimate of drug-likeness (QED) is 0.255. The summed E-state index contributed by atoms with van der Waals surface area (Å²) in [6.07, 6.45) is 0. The van der Waals surface area contributed by atoms with E-state index >= 15 is 0 Å². The van der Waals surface area contributed by atoms with Crippen molar-refractivity contribution < 1.29 is 23.9 Å². The van der Waals surface area contributed by atoms with Gasteiger partial charge in [0.1, 0.15) is 22.7 Å². The summed E-state index contributed by atoms with van der Waals surface area (Å²) < 4.78 is 16.2. The first-order valence-corrected chi connectivity index (χ1v) is 8.56. The summed E-state index contributed by atoms with van der Waals surface area (Å²) in [5.41, 5.74) is -0.937. The summed E-state index contributed by atoms with van der Waals surface area (Å²) in [6, 6.07) is 13.4. The molecule has 0 N–H and O–H groups in total. The minimum absolute atomic E-state index is 0.0842. The summed E-state index contributed by atoms with van der Waals surface area (Å²) in [7, 11) is 1.54. The number of carbonyl (C=O) groups excluding carboxylic acids is 1. The number of ether oxygens (including phenoxy) is 3. The van der Waals surface area contributed by atoms with Gasteiger partial charge in [0.15, 0.2) is 5.05 Å². The second-order valence-corrected chi connectivity index (χ2v) is 6.63. The Labute approximate surface area is 161 Å². The smallest absolute Gasteiger partial charge is 0.326 e. The highest BCUT2D eigenvalue weighted by Gasteiger charge is 2.55. The van der Waals surface area contributed by atoms with E-state index < -0.39 is 28.8 Å². The van der Waals surface area contributed by atoms with Crippen LogP contribution in [0.15, 0.2) is 48.5 Å². The minimum atomic E-state index is -1.49. The van der Waals surface area contributed by atoms with Crippen LogP contribution in [0.5, 0.6) is 17.2 Å². The number of nitrogens with zero attached hydrogens (tertiary/aromatic N) is 1. The van der Waals surface area contributed by atoms with Gasteiger partial charge < -0.3 is 14.2 Å². The van der Waals surface area contributed by atoms with E-state index in [1.165, 1.54) is 6.92 Å². The van der Waals surface area contributed by atoms with Gasteiger partial charge in [-0.3, -0.25) is 14.9 Å². The van der Waals surface area contributed by atoms with Crippen LogP contribution in [0.3, 0.4) is 0 Å². The molecule has 0 aromatic heterocycles. The van der Waals surface area contributed by atoms with E-state index in [4.69, 9.17) is 26.4 Å². The molecule has 0 bridgehead atoms. The molecular weight excluding hydrogens is 370 g/mol. The Morgan fingerprint density at radius 3 is 2.48 bits per heavy atom. The van der Waals surface area contributed by atoms with E-state index in [-0.39, 0.29) is 5.05 Å². The second kappa shape index (κ2) is 7.32. The number of fused-ring (bicyclic) bond motifs is 1. The van der Waals surface area contributed by atoms with Crippen molar-refractivity contribution in [2.45, 2.75) is 12.8 Å². The first-order valence-electron chi connectivity index (χ1n) is 8.15.